The summed E-state index contributed by atoms with van der Waals surface area (Å²) in [6, 6.07) is 0. The number of carbonyl (C=O) groups excluding carboxylic acids is 1. The Labute approximate surface area is 58.0 Å². The van der Waals surface area contributed by atoms with Gasteiger partial charge in [0.05, 0.1) is 0 Å². The topological polar surface area (TPSA) is 29.1 Å². The van der Waals surface area contributed by atoms with Crippen LogP contribution in [0.3, 0.4) is 0 Å². The number of hydrogen-bond donors (Lipinski definition) is 1. The van der Waals surface area contributed by atoms with Gasteiger partial charge in [-0.1, -0.05) is 12.4 Å². The first-order chi connectivity index (χ1) is 4.16. The highest BCUT2D eigenvalue weighted by Crippen LogP contribution is 1.93. The molecule has 1 atom stereocenters. The minimum Gasteiger partial charge on any atom is -0.298 e. The lowest BCUT2D eigenvalue weighted by molar-refractivity contribution is -0.104. The molecule has 0 bridgehead atoms. The van der Waals surface area contributed by atoms with Gasteiger partial charge in [0.1, 0.15) is 6.29 Å². The van der Waals surface area contributed by atoms with Crippen molar-refractivity contribution in [1.29, 1.82) is 0 Å². The summed E-state index contributed by atoms with van der Waals surface area (Å²) in [4.78, 5) is 9.96. The van der Waals surface area contributed by atoms with Gasteiger partial charge in [-0.2, -0.15) is 0 Å². The van der Waals surface area contributed by atoms with E-state index < -0.39 is 0 Å². The maximum absolute atomic E-state index is 9.96. The average Bonchev–Trinajstić information content (AvgIpc) is 1.83. The lowest BCUT2D eigenvalue weighted by Gasteiger charge is -2.00. The molecule has 0 spiro atoms. The van der Waals surface area contributed by atoms with Crippen LogP contribution in [0.15, 0.2) is 12.2 Å². The number of nitrogens with one attached hydrogen (secondary N) is 1. The van der Waals surface area contributed by atoms with Crippen LogP contribution < -0.4 is 4.72 Å². The monoisotopic (exact) mass is 145 g/mol. The van der Waals surface area contributed by atoms with Crippen LogP contribution in [0, 0.1) is 0 Å². The zero-order chi connectivity index (χ0) is 7.28. The van der Waals surface area contributed by atoms with E-state index in [1.165, 1.54) is 0 Å². The third-order valence-corrected chi connectivity index (χ3v) is 1.35. The average molecular weight is 145 g/mol. The molecule has 0 saturated heterocycles. The molecule has 52 valence electrons. The molecule has 0 aliphatic carbocycles. The Kier molecular flexibility index (Phi) is 4.26. The highest BCUT2D eigenvalue weighted by atomic mass is 32.2. The molecular formula is C6H11NOS. The van der Waals surface area contributed by atoms with E-state index >= 15 is 0 Å². The molecule has 0 aliphatic heterocycles. The molecular weight excluding hydrogens is 134 g/mol. The maximum Gasteiger partial charge on any atom is 0.146 e. The fraction of sp³-hybridized carbons (Fsp3) is 0.333. The predicted molar refractivity (Wildman–Crippen MR) is 43.8 cm³/mol. The fourth-order valence-electron chi connectivity index (χ4n) is 0.258. The van der Waals surface area contributed by atoms with E-state index in [0.717, 1.165) is 6.29 Å². The zero-order valence-electron chi connectivity index (χ0n) is 5.52. The number of hydrogen-bond acceptors (Lipinski definition) is 2. The van der Waals surface area contributed by atoms with Gasteiger partial charge >= 0.3 is 0 Å². The van der Waals surface area contributed by atoms with Gasteiger partial charge in [0.15, 0.2) is 0 Å². The Morgan fingerprint density at radius 2 is 2.44 bits per heavy atom. The van der Waals surface area contributed by atoms with Gasteiger partial charge in [0.2, 0.25) is 0 Å². The second-order valence-electron chi connectivity index (χ2n) is 1.73. The number of rotatable bonds is 4. The van der Waals surface area contributed by atoms with Crippen molar-refractivity contribution in [2.75, 3.05) is 12.8 Å². The molecule has 9 heavy (non-hydrogen) atoms. The van der Waals surface area contributed by atoms with Crippen molar-refractivity contribution in [2.45, 2.75) is 0 Å². The number of carbonyl (C=O) groups is 1. The maximum atomic E-state index is 9.96. The quantitative estimate of drug-likeness (QED) is 0.356. The van der Waals surface area contributed by atoms with Gasteiger partial charge in [-0.3, -0.25) is 9.52 Å². The molecule has 0 heterocycles. The van der Waals surface area contributed by atoms with E-state index in [2.05, 4.69) is 17.2 Å². The van der Waals surface area contributed by atoms with Crippen molar-refractivity contribution in [3.8, 4) is 0 Å². The van der Waals surface area contributed by atoms with Gasteiger partial charge in [0, 0.05) is 6.54 Å². The van der Waals surface area contributed by atoms with E-state index in [4.69, 9.17) is 0 Å². The summed E-state index contributed by atoms with van der Waals surface area (Å²) in [5, 5.41) is 0. The van der Waals surface area contributed by atoms with Gasteiger partial charge in [-0.25, -0.2) is 0 Å². The van der Waals surface area contributed by atoms with E-state index in [9.17, 15) is 4.79 Å². The van der Waals surface area contributed by atoms with Crippen LogP contribution in [0.4, 0.5) is 0 Å². The molecule has 0 radical (unpaired) electrons. The van der Waals surface area contributed by atoms with Crippen molar-refractivity contribution in [3.05, 3.63) is 12.2 Å². The van der Waals surface area contributed by atoms with E-state index in [-0.39, 0.29) is 10.7 Å². The first-order valence-corrected chi connectivity index (χ1v) is 4.29. The van der Waals surface area contributed by atoms with E-state index in [0.29, 0.717) is 12.1 Å². The van der Waals surface area contributed by atoms with Gasteiger partial charge < -0.3 is 0 Å². The second-order valence-corrected chi connectivity index (χ2v) is 3.30. The number of aldehydes is 1. The zero-order valence-corrected chi connectivity index (χ0v) is 6.33. The van der Waals surface area contributed by atoms with Crippen LogP contribution in [0.25, 0.3) is 0 Å². The summed E-state index contributed by atoms with van der Waals surface area (Å²) < 4.78 is 2.98. The standard InChI is InChI=1S/C6H11NOS/c1-6(5-8)4-7-9(2)3/h5,7H,1-2,4H2,3H3. The molecule has 0 aromatic carbocycles. The molecule has 0 saturated carbocycles. The molecule has 2 nitrogen and oxygen atoms in total. The van der Waals surface area contributed by atoms with E-state index in [1.54, 1.807) is 0 Å². The van der Waals surface area contributed by atoms with Crippen LogP contribution in [-0.4, -0.2) is 25.0 Å². The molecule has 0 aliphatic rings. The van der Waals surface area contributed by atoms with Crippen LogP contribution in [-0.2, 0) is 4.79 Å². The molecule has 1 unspecified atom stereocenters. The summed E-state index contributed by atoms with van der Waals surface area (Å²) in [6.45, 7) is 4.04. The molecule has 0 fully saturated rings. The molecule has 0 aromatic heterocycles. The fourth-order valence-corrected chi connectivity index (χ4v) is 0.689. The highest BCUT2D eigenvalue weighted by molar-refractivity contribution is 8.11. The predicted octanol–water partition coefficient (Wildman–Crippen LogP) is 0.577. The van der Waals surface area contributed by atoms with Gasteiger partial charge in [-0.05, 0) is 11.8 Å². The molecule has 0 amide bonds. The van der Waals surface area contributed by atoms with E-state index in [1.807, 2.05) is 6.26 Å². The van der Waals surface area contributed by atoms with Crippen LogP contribution in [0.5, 0.6) is 0 Å². The van der Waals surface area contributed by atoms with Crippen LogP contribution >= 0.6 is 10.7 Å². The SMILES string of the molecule is C=C(C=O)CNS(=C)C. The molecule has 0 aromatic rings. The Morgan fingerprint density at radius 1 is 1.89 bits per heavy atom. The second kappa shape index (κ2) is 4.47. The lowest BCUT2D eigenvalue weighted by atomic mass is 10.4. The smallest absolute Gasteiger partial charge is 0.146 e. The summed E-state index contributed by atoms with van der Waals surface area (Å²) in [7, 11) is -0.0575. The summed E-state index contributed by atoms with van der Waals surface area (Å²) in [6.07, 6.45) is 2.69. The molecule has 3 heteroatoms. The van der Waals surface area contributed by atoms with Crippen molar-refractivity contribution in [2.24, 2.45) is 0 Å². The summed E-state index contributed by atoms with van der Waals surface area (Å²) >= 11 is 0. The summed E-state index contributed by atoms with van der Waals surface area (Å²) in [5.74, 6) is 3.70. The van der Waals surface area contributed by atoms with Crippen molar-refractivity contribution in [1.82, 2.24) is 4.72 Å². The Bertz CT molecular complexity index is 142. The van der Waals surface area contributed by atoms with Crippen LogP contribution in [0.1, 0.15) is 0 Å². The Balaban J connectivity index is 3.39. The first-order valence-electron chi connectivity index (χ1n) is 2.49. The Hall–Kier alpha value is -0.410. The van der Waals surface area contributed by atoms with Crippen molar-refractivity contribution < 1.29 is 4.79 Å². The first kappa shape index (κ1) is 8.59. The lowest BCUT2D eigenvalue weighted by Crippen LogP contribution is -2.09. The Morgan fingerprint density at radius 3 is 2.78 bits per heavy atom. The minimum atomic E-state index is -0.0575. The summed E-state index contributed by atoms with van der Waals surface area (Å²) in [5.41, 5.74) is 0.568. The van der Waals surface area contributed by atoms with Gasteiger partial charge in [-0.15, -0.1) is 10.7 Å². The highest BCUT2D eigenvalue weighted by Gasteiger charge is 1.87. The largest absolute Gasteiger partial charge is 0.298 e. The van der Waals surface area contributed by atoms with Crippen molar-refractivity contribution in [3.63, 3.8) is 0 Å². The minimum absolute atomic E-state index is 0.0575. The van der Waals surface area contributed by atoms with Crippen molar-refractivity contribution >= 4 is 22.8 Å². The third-order valence-electron chi connectivity index (χ3n) is 0.712. The normalized spacial score (nSPS) is 12.6. The molecule has 0 rings (SSSR count). The van der Waals surface area contributed by atoms with Gasteiger partial charge in [0.25, 0.3) is 0 Å². The third kappa shape index (κ3) is 5.46. The van der Waals surface area contributed by atoms with Crippen LogP contribution in [0.2, 0.25) is 0 Å². The molecule has 1 N–H and O–H groups in total.